The monoisotopic (exact) mass is 582 g/mol. The number of nitriles is 1. The van der Waals surface area contributed by atoms with Gasteiger partial charge in [-0.1, -0.05) is 48.3 Å². The molecule has 5 N–H and O–H groups in total. The molecule has 0 spiro atoms. The molecule has 1 aromatic carbocycles. The maximum absolute atomic E-state index is 13.7. The van der Waals surface area contributed by atoms with E-state index in [2.05, 4.69) is 10.1 Å². The molecule has 1 saturated heterocycles. The van der Waals surface area contributed by atoms with Crippen molar-refractivity contribution in [3.8, 4) is 11.8 Å². The van der Waals surface area contributed by atoms with Gasteiger partial charge in [0.05, 0.1) is 18.5 Å². The third-order valence-corrected chi connectivity index (χ3v) is 9.22. The standard InChI is InChI=1S/C23H25Cl2N6O6P/c1-13(14(2)32)11-38(34,37-15-6-4-3-5-7-15)35-10-17-19(33)23(24,25)22(12-26,36-17)18-9-8-16-20(27)29-21(28)30-31(16)18/h3-9,13,17,19,33H,10-11H2,1-2H3,(H4,27,28,29,30)/t13-,17-,19+,22+,38?/m1/s1. The van der Waals surface area contributed by atoms with Crippen molar-refractivity contribution in [2.75, 3.05) is 24.2 Å². The number of rotatable bonds is 9. The molecule has 15 heteroatoms. The van der Waals surface area contributed by atoms with Crippen molar-refractivity contribution in [1.29, 1.82) is 5.26 Å². The average Bonchev–Trinajstić information content (AvgIpc) is 3.36. The summed E-state index contributed by atoms with van der Waals surface area (Å²) in [7, 11) is -3.97. The first-order valence-corrected chi connectivity index (χ1v) is 13.9. The highest BCUT2D eigenvalue weighted by Gasteiger charge is 2.67. The number of hydrogen-bond acceptors (Lipinski definition) is 11. The number of aliphatic hydroxyl groups excluding tert-OH is 1. The molecule has 5 atom stereocenters. The van der Waals surface area contributed by atoms with Crippen LogP contribution in [0.25, 0.3) is 5.52 Å². The number of aromatic nitrogens is 3. The highest BCUT2D eigenvalue weighted by Crippen LogP contribution is 2.56. The van der Waals surface area contributed by atoms with E-state index in [9.17, 15) is 19.7 Å². The largest absolute Gasteiger partial charge is 0.424 e. The van der Waals surface area contributed by atoms with E-state index in [1.807, 2.05) is 6.07 Å². The molecule has 1 aliphatic rings. The molecule has 202 valence electrons. The van der Waals surface area contributed by atoms with E-state index >= 15 is 0 Å². The Labute approximate surface area is 227 Å². The molecule has 2 aromatic heterocycles. The summed E-state index contributed by atoms with van der Waals surface area (Å²) < 4.78 is 30.0. The second-order valence-corrected chi connectivity index (χ2v) is 12.3. The quantitative estimate of drug-likeness (QED) is 0.248. The molecule has 3 heterocycles. The molecule has 1 unspecified atom stereocenters. The van der Waals surface area contributed by atoms with E-state index in [0.29, 0.717) is 5.52 Å². The van der Waals surface area contributed by atoms with Gasteiger partial charge in [-0.05, 0) is 31.2 Å². The van der Waals surface area contributed by atoms with Crippen LogP contribution in [0.2, 0.25) is 0 Å². The van der Waals surface area contributed by atoms with Crippen molar-refractivity contribution in [2.45, 2.75) is 36.0 Å². The third-order valence-electron chi connectivity index (χ3n) is 6.21. The lowest BCUT2D eigenvalue weighted by Crippen LogP contribution is -2.45. The van der Waals surface area contributed by atoms with Crippen LogP contribution in [0.1, 0.15) is 19.5 Å². The molecule has 4 rings (SSSR count). The van der Waals surface area contributed by atoms with Crippen LogP contribution in [0.5, 0.6) is 5.75 Å². The number of nitrogens with two attached hydrogens (primary N) is 2. The lowest BCUT2D eigenvalue weighted by atomic mass is 9.94. The number of hydrogen-bond donors (Lipinski definition) is 3. The fourth-order valence-corrected chi connectivity index (χ4v) is 6.66. The second kappa shape index (κ2) is 10.3. The van der Waals surface area contributed by atoms with Gasteiger partial charge in [0, 0.05) is 5.92 Å². The van der Waals surface area contributed by atoms with Gasteiger partial charge in [-0.3, -0.25) is 9.32 Å². The molecule has 38 heavy (non-hydrogen) atoms. The molecule has 0 amide bonds. The van der Waals surface area contributed by atoms with Crippen LogP contribution in [0.3, 0.4) is 0 Å². The summed E-state index contributed by atoms with van der Waals surface area (Å²) in [5.41, 5.74) is 9.78. The first-order valence-electron chi connectivity index (χ1n) is 11.4. The SMILES string of the molecule is CC(=O)[C@H](C)CP(=O)(OC[C@H]1O[C@@](C#N)(c2ccc3c(N)nc(N)nn23)C(Cl)(Cl)[C@H]1O)Oc1ccccc1. The van der Waals surface area contributed by atoms with Crippen molar-refractivity contribution >= 4 is 53.9 Å². The van der Waals surface area contributed by atoms with Crippen molar-refractivity contribution < 1.29 is 28.3 Å². The minimum absolute atomic E-state index is 0.0243. The maximum Gasteiger partial charge on any atom is 0.379 e. The number of fused-ring (bicyclic) bond motifs is 1. The number of aliphatic hydroxyl groups is 1. The van der Waals surface area contributed by atoms with E-state index < -0.39 is 42.3 Å². The van der Waals surface area contributed by atoms with Gasteiger partial charge in [0.2, 0.25) is 11.5 Å². The van der Waals surface area contributed by atoms with Crippen LogP contribution >= 0.6 is 30.8 Å². The van der Waals surface area contributed by atoms with E-state index in [1.54, 1.807) is 37.3 Å². The number of alkyl halides is 2. The number of ketones is 1. The number of halogens is 2. The lowest BCUT2D eigenvalue weighted by molar-refractivity contribution is -0.119. The first kappa shape index (κ1) is 28.1. The Morgan fingerprint density at radius 2 is 2.00 bits per heavy atom. The summed E-state index contributed by atoms with van der Waals surface area (Å²) >= 11 is 13.1. The van der Waals surface area contributed by atoms with E-state index in [4.69, 9.17) is 48.5 Å². The fraction of sp³-hybridized carbons (Fsp3) is 0.391. The van der Waals surface area contributed by atoms with Gasteiger partial charge in [-0.2, -0.15) is 10.2 Å². The molecule has 0 aliphatic carbocycles. The summed E-state index contributed by atoms with van der Waals surface area (Å²) in [4.78, 5) is 15.8. The van der Waals surface area contributed by atoms with Crippen molar-refractivity contribution in [3.05, 3.63) is 48.2 Å². The number of carbonyl (C=O) groups excluding carboxylic acids is 1. The minimum Gasteiger partial charge on any atom is -0.424 e. The van der Waals surface area contributed by atoms with Crippen LogP contribution < -0.4 is 16.0 Å². The number of nitrogens with zero attached hydrogens (tertiary/aromatic N) is 4. The Bertz CT molecular complexity index is 1450. The second-order valence-electron chi connectivity index (χ2n) is 8.89. The highest BCUT2D eigenvalue weighted by molar-refractivity contribution is 7.54. The maximum atomic E-state index is 13.7. The van der Waals surface area contributed by atoms with Gasteiger partial charge in [-0.25, -0.2) is 9.08 Å². The Morgan fingerprint density at radius 3 is 2.63 bits per heavy atom. The van der Waals surface area contributed by atoms with E-state index in [-0.39, 0.29) is 35.2 Å². The Balaban J connectivity index is 1.66. The summed E-state index contributed by atoms with van der Waals surface area (Å²) in [5, 5.41) is 25.3. The molecule has 0 saturated carbocycles. The molecule has 0 bridgehead atoms. The summed E-state index contributed by atoms with van der Waals surface area (Å²) in [6.07, 6.45) is -3.27. The lowest BCUT2D eigenvalue weighted by Gasteiger charge is -2.30. The van der Waals surface area contributed by atoms with Gasteiger partial charge in [0.25, 0.3) is 0 Å². The number of Topliss-reactive ketones (excluding diaryl/α,β-unsaturated/α-hetero) is 1. The average molecular weight is 583 g/mol. The third kappa shape index (κ3) is 4.94. The normalized spacial score (nSPS) is 24.9. The summed E-state index contributed by atoms with van der Waals surface area (Å²) in [6.45, 7) is 2.42. The molecule has 1 fully saturated rings. The molecule has 12 nitrogen and oxygen atoms in total. The smallest absolute Gasteiger partial charge is 0.379 e. The number of ether oxygens (including phenoxy) is 1. The number of para-hydroxylation sites is 1. The van der Waals surface area contributed by atoms with E-state index in [1.165, 1.54) is 23.6 Å². The first-order chi connectivity index (χ1) is 17.8. The zero-order valence-corrected chi connectivity index (χ0v) is 22.7. The zero-order chi connectivity index (χ0) is 27.9. The topological polar surface area (TPSA) is 188 Å². The van der Waals surface area contributed by atoms with Crippen LogP contribution in [0.4, 0.5) is 11.8 Å². The van der Waals surface area contributed by atoms with Gasteiger partial charge in [0.15, 0.2) is 10.2 Å². The predicted octanol–water partition coefficient (Wildman–Crippen LogP) is 3.06. The molecule has 1 aliphatic heterocycles. The van der Waals surface area contributed by atoms with Gasteiger partial charge in [-0.15, -0.1) is 5.10 Å². The molecule has 3 aromatic rings. The van der Waals surface area contributed by atoms with Crippen molar-refractivity contribution in [2.24, 2.45) is 5.92 Å². The van der Waals surface area contributed by atoms with Crippen LogP contribution in [0, 0.1) is 17.2 Å². The predicted molar refractivity (Wildman–Crippen MR) is 140 cm³/mol. The number of anilines is 2. The zero-order valence-electron chi connectivity index (χ0n) is 20.3. The van der Waals surface area contributed by atoms with Crippen LogP contribution in [0.15, 0.2) is 42.5 Å². The molecular formula is C23H25Cl2N6O6P. The Kier molecular flexibility index (Phi) is 7.65. The van der Waals surface area contributed by atoms with Crippen LogP contribution in [-0.4, -0.2) is 54.8 Å². The van der Waals surface area contributed by atoms with Crippen LogP contribution in [-0.2, 0) is 24.2 Å². The summed E-state index contributed by atoms with van der Waals surface area (Å²) in [6, 6.07) is 13.2. The van der Waals surface area contributed by atoms with Gasteiger partial charge >= 0.3 is 7.60 Å². The van der Waals surface area contributed by atoms with E-state index in [0.717, 1.165) is 0 Å². The number of carbonyl (C=O) groups is 1. The van der Waals surface area contributed by atoms with Gasteiger partial charge in [0.1, 0.15) is 35.3 Å². The molecular weight excluding hydrogens is 558 g/mol. The van der Waals surface area contributed by atoms with Gasteiger partial charge < -0.3 is 25.8 Å². The number of benzene rings is 1. The summed E-state index contributed by atoms with van der Waals surface area (Å²) in [5.74, 6) is -0.771. The highest BCUT2D eigenvalue weighted by atomic mass is 35.5. The Hall–Kier alpha value is -2.91. The fourth-order valence-electron chi connectivity index (χ4n) is 4.04. The minimum atomic E-state index is -3.97. The Morgan fingerprint density at radius 1 is 1.32 bits per heavy atom. The van der Waals surface area contributed by atoms with Crippen molar-refractivity contribution in [1.82, 2.24) is 14.6 Å². The van der Waals surface area contributed by atoms with Crippen molar-refractivity contribution in [3.63, 3.8) is 0 Å². The number of nitrogen functional groups attached to an aromatic ring is 2. The molecule has 0 radical (unpaired) electrons.